The summed E-state index contributed by atoms with van der Waals surface area (Å²) < 4.78 is 0. The van der Waals surface area contributed by atoms with Gasteiger partial charge in [0.2, 0.25) is 0 Å². The van der Waals surface area contributed by atoms with Crippen LogP contribution in [0.2, 0.25) is 0 Å². The fourth-order valence-corrected chi connectivity index (χ4v) is 6.28. The van der Waals surface area contributed by atoms with Crippen molar-refractivity contribution in [2.75, 3.05) is 0 Å². The van der Waals surface area contributed by atoms with Gasteiger partial charge in [0, 0.05) is 46.0 Å². The standard InChI is InChI=1S/C34H34N4O4.C6H11NO4/c1-7-21-17(3)25-13-26-19(5)23(9-11-33(39)40)31(37-26)16-32-24(10-12-34(41)42)20(6)28(38-32)15-30-22(8-2)18(4)27(36-30)14-29(21)35-25;1-3(5(8)9)7-4(2)6(10)11/h7-8,13-16,35-36H,1-2,9-12H2,3-6H3,(H,39,40)(H,41,42);3-4,7H,1-2H3,(H,8,9)(H,10,11). The van der Waals surface area contributed by atoms with E-state index in [2.05, 4.69) is 34.5 Å². The molecule has 0 aromatic carbocycles. The average molecular weight is 724 g/mol. The Hall–Kier alpha value is -6.08. The molecule has 2 aliphatic rings. The van der Waals surface area contributed by atoms with Gasteiger partial charge in [-0.1, -0.05) is 25.3 Å². The largest absolute Gasteiger partial charge is 0.481 e. The van der Waals surface area contributed by atoms with Crippen molar-refractivity contribution < 1.29 is 39.6 Å². The highest BCUT2D eigenvalue weighted by molar-refractivity contribution is 5.97. The molecular weight excluding hydrogens is 678 g/mol. The van der Waals surface area contributed by atoms with Gasteiger partial charge in [-0.05, 0) is 112 Å². The zero-order valence-electron chi connectivity index (χ0n) is 30.7. The minimum atomic E-state index is -1.06. The molecule has 278 valence electrons. The Morgan fingerprint density at radius 3 is 1.40 bits per heavy atom. The SMILES string of the molecule is C=Cc1c(C)c2cc3[nH]c(cc4nc(cc5nc(cc1[nH]2)C(C)=C5CCC(=O)O)C(CCC(=O)O)=C4C)c(C)c3C=C.CC(NC(C)C(=O)O)C(=O)O. The van der Waals surface area contributed by atoms with E-state index in [9.17, 15) is 29.4 Å². The van der Waals surface area contributed by atoms with E-state index in [1.165, 1.54) is 13.8 Å². The fraction of sp³-hybridized carbons (Fsp3) is 0.300. The molecule has 0 amide bonds. The van der Waals surface area contributed by atoms with Crippen LogP contribution in [0.1, 0.15) is 98.4 Å². The van der Waals surface area contributed by atoms with Crippen LogP contribution >= 0.6 is 0 Å². The summed E-state index contributed by atoms with van der Waals surface area (Å²) >= 11 is 0. The molecule has 0 aliphatic carbocycles. The number of aryl methyl sites for hydroxylation is 2. The first kappa shape index (κ1) is 39.7. The maximum atomic E-state index is 11.5. The molecule has 2 atom stereocenters. The highest BCUT2D eigenvalue weighted by atomic mass is 16.4. The Labute approximate surface area is 306 Å². The van der Waals surface area contributed by atoms with Crippen molar-refractivity contribution >= 4 is 80.4 Å². The first-order valence-corrected chi connectivity index (χ1v) is 17.0. The monoisotopic (exact) mass is 723 g/mol. The Kier molecular flexibility index (Phi) is 12.4. The number of rotatable bonds is 12. The highest BCUT2D eigenvalue weighted by Crippen LogP contribution is 2.38. The first-order chi connectivity index (χ1) is 25.0. The summed E-state index contributed by atoms with van der Waals surface area (Å²) in [6.07, 6.45) is 4.20. The van der Waals surface area contributed by atoms with E-state index in [4.69, 9.17) is 20.2 Å². The third-order valence-electron chi connectivity index (χ3n) is 9.46. The number of aromatic amines is 2. The lowest BCUT2D eigenvalue weighted by Crippen LogP contribution is -2.43. The molecule has 0 spiro atoms. The minimum absolute atomic E-state index is 0.0367. The third kappa shape index (κ3) is 8.87. The molecule has 0 fully saturated rings. The van der Waals surface area contributed by atoms with Crippen LogP contribution < -0.4 is 5.32 Å². The zero-order valence-corrected chi connectivity index (χ0v) is 30.7. The van der Waals surface area contributed by atoms with E-state index in [1.807, 2.05) is 58.0 Å². The lowest BCUT2D eigenvalue weighted by molar-refractivity contribution is -0.142. The quantitative estimate of drug-likeness (QED) is 0.0981. The van der Waals surface area contributed by atoms with Gasteiger partial charge >= 0.3 is 23.9 Å². The van der Waals surface area contributed by atoms with E-state index >= 15 is 0 Å². The molecule has 53 heavy (non-hydrogen) atoms. The molecule has 13 heteroatoms. The van der Waals surface area contributed by atoms with Crippen LogP contribution in [0.4, 0.5) is 0 Å². The lowest BCUT2D eigenvalue weighted by atomic mass is 9.98. The average Bonchev–Trinajstić information content (AvgIpc) is 3.75. The number of nitrogens with one attached hydrogen (secondary N) is 3. The third-order valence-corrected chi connectivity index (χ3v) is 9.46. The summed E-state index contributed by atoms with van der Waals surface area (Å²) in [6.45, 7) is 18.8. The van der Waals surface area contributed by atoms with E-state index in [0.29, 0.717) is 24.2 Å². The maximum absolute atomic E-state index is 11.5. The van der Waals surface area contributed by atoms with Crippen molar-refractivity contribution in [3.05, 3.63) is 82.5 Å². The van der Waals surface area contributed by atoms with Crippen molar-refractivity contribution in [3.63, 3.8) is 0 Å². The summed E-state index contributed by atoms with van der Waals surface area (Å²) in [5.41, 5.74) is 13.7. The Balaban J connectivity index is 0.000000495. The lowest BCUT2D eigenvalue weighted by Gasteiger charge is -2.12. The van der Waals surface area contributed by atoms with Gasteiger partial charge in [-0.2, -0.15) is 0 Å². The Morgan fingerprint density at radius 2 is 1.02 bits per heavy atom. The van der Waals surface area contributed by atoms with Crippen molar-refractivity contribution in [2.45, 2.75) is 79.3 Å². The normalized spacial score (nSPS) is 13.5. The molecule has 2 aliphatic heterocycles. The number of carboxylic acids is 4. The molecule has 3 aromatic heterocycles. The van der Waals surface area contributed by atoms with Gasteiger partial charge in [-0.25, -0.2) is 9.97 Å². The molecule has 8 bridgehead atoms. The van der Waals surface area contributed by atoms with Crippen LogP contribution in [0.5, 0.6) is 0 Å². The number of aliphatic carboxylic acids is 4. The highest BCUT2D eigenvalue weighted by Gasteiger charge is 2.23. The topological polar surface area (TPSA) is 219 Å². The van der Waals surface area contributed by atoms with Crippen LogP contribution in [0.25, 0.3) is 56.5 Å². The van der Waals surface area contributed by atoms with E-state index in [1.54, 1.807) is 0 Å². The van der Waals surface area contributed by atoms with Crippen molar-refractivity contribution in [2.24, 2.45) is 0 Å². The predicted molar refractivity (Wildman–Crippen MR) is 207 cm³/mol. The molecule has 2 unspecified atom stereocenters. The first-order valence-electron chi connectivity index (χ1n) is 17.0. The van der Waals surface area contributed by atoms with Crippen LogP contribution in [-0.4, -0.2) is 76.3 Å². The number of carboxylic acid groups (broad SMARTS) is 4. The van der Waals surface area contributed by atoms with Gasteiger partial charge in [0.05, 0.1) is 22.8 Å². The van der Waals surface area contributed by atoms with Gasteiger partial charge in [0.15, 0.2) is 0 Å². The van der Waals surface area contributed by atoms with Crippen LogP contribution in [0.3, 0.4) is 0 Å². The molecule has 5 heterocycles. The van der Waals surface area contributed by atoms with E-state index in [-0.39, 0.29) is 12.8 Å². The smallest absolute Gasteiger partial charge is 0.320 e. The van der Waals surface area contributed by atoms with Gasteiger partial charge in [-0.3, -0.25) is 24.5 Å². The minimum Gasteiger partial charge on any atom is -0.481 e. The van der Waals surface area contributed by atoms with Crippen LogP contribution in [0.15, 0.2) is 37.4 Å². The zero-order chi connectivity index (χ0) is 39.3. The number of fused-ring (bicyclic) bond motifs is 8. The summed E-state index contributed by atoms with van der Waals surface area (Å²) in [5, 5.41) is 38.0. The summed E-state index contributed by atoms with van der Waals surface area (Å²) in [5.74, 6) is -3.89. The van der Waals surface area contributed by atoms with Crippen molar-refractivity contribution in [3.8, 4) is 0 Å². The number of carbonyl (C=O) groups is 4. The van der Waals surface area contributed by atoms with E-state index in [0.717, 1.165) is 78.0 Å². The fourth-order valence-electron chi connectivity index (χ4n) is 6.28. The maximum Gasteiger partial charge on any atom is 0.320 e. The van der Waals surface area contributed by atoms with Crippen molar-refractivity contribution in [1.29, 1.82) is 0 Å². The number of nitrogens with zero attached hydrogens (tertiary/aromatic N) is 2. The molecule has 0 saturated heterocycles. The molecule has 13 nitrogen and oxygen atoms in total. The second-order valence-electron chi connectivity index (χ2n) is 13.0. The second-order valence-corrected chi connectivity index (χ2v) is 13.0. The summed E-state index contributed by atoms with van der Waals surface area (Å²) in [7, 11) is 0. The molecule has 3 aromatic rings. The van der Waals surface area contributed by atoms with Crippen LogP contribution in [-0.2, 0) is 19.2 Å². The predicted octanol–water partition coefficient (Wildman–Crippen LogP) is 7.33. The van der Waals surface area contributed by atoms with Crippen molar-refractivity contribution in [1.82, 2.24) is 25.3 Å². The number of allylic oxidation sites excluding steroid dienone is 4. The van der Waals surface area contributed by atoms with Gasteiger partial charge in [-0.15, -0.1) is 0 Å². The number of H-pyrrole nitrogens is 2. The molecule has 5 rings (SSSR count). The Bertz CT molecular complexity index is 2240. The Morgan fingerprint density at radius 1 is 0.642 bits per heavy atom. The van der Waals surface area contributed by atoms with Gasteiger partial charge in [0.1, 0.15) is 12.1 Å². The second kappa shape index (κ2) is 16.5. The molecule has 0 radical (unpaired) electrons. The van der Waals surface area contributed by atoms with Gasteiger partial charge < -0.3 is 30.4 Å². The summed E-state index contributed by atoms with van der Waals surface area (Å²) in [6, 6.07) is 6.22. The summed E-state index contributed by atoms with van der Waals surface area (Å²) in [4.78, 5) is 60.4. The van der Waals surface area contributed by atoms with E-state index < -0.39 is 36.0 Å². The van der Waals surface area contributed by atoms with Crippen LogP contribution in [0, 0.1) is 13.8 Å². The molecular formula is C40H45N5O8. The van der Waals surface area contributed by atoms with Gasteiger partial charge in [0.25, 0.3) is 0 Å². The molecule has 0 saturated carbocycles. The number of hydrogen-bond donors (Lipinski definition) is 7. The number of hydrogen-bond acceptors (Lipinski definition) is 7. The molecule has 7 N–H and O–H groups in total. The number of aromatic nitrogens is 4.